The normalized spacial score (nSPS) is 11.3. The topological polar surface area (TPSA) is 83.8 Å². The fraction of sp³-hybridized carbons (Fsp3) is 0.500. The van der Waals surface area contributed by atoms with E-state index in [9.17, 15) is 14.7 Å². The van der Waals surface area contributed by atoms with Gasteiger partial charge in [0.05, 0.1) is 6.61 Å². The van der Waals surface area contributed by atoms with Gasteiger partial charge in [-0.1, -0.05) is 64.0 Å². The molecule has 0 saturated heterocycles. The molecule has 0 fully saturated rings. The van der Waals surface area contributed by atoms with Crippen molar-refractivity contribution in [3.8, 4) is 5.75 Å². The summed E-state index contributed by atoms with van der Waals surface area (Å²) in [5.74, 6) is -2.57. The van der Waals surface area contributed by atoms with Crippen LogP contribution in [-0.4, -0.2) is 28.6 Å². The first-order valence-electron chi connectivity index (χ1n) is 8.95. The van der Waals surface area contributed by atoms with Crippen LogP contribution in [0.4, 0.5) is 0 Å². The molecular formula is C20H28O5. The molecule has 0 aliphatic carbocycles. The van der Waals surface area contributed by atoms with Crippen molar-refractivity contribution in [3.05, 3.63) is 35.9 Å². The molecule has 0 aliphatic heterocycles. The lowest BCUT2D eigenvalue weighted by atomic mass is 10.1. The Morgan fingerprint density at radius 1 is 1.00 bits per heavy atom. The molecule has 5 heteroatoms. The van der Waals surface area contributed by atoms with Crippen molar-refractivity contribution in [1.82, 2.24) is 0 Å². The molecular weight excluding hydrogens is 320 g/mol. The minimum Gasteiger partial charge on any atom is -0.507 e. The first-order valence-corrected chi connectivity index (χ1v) is 8.95. The largest absolute Gasteiger partial charge is 0.507 e. The Hall–Kier alpha value is -2.30. The third kappa shape index (κ3) is 8.94. The molecule has 0 bridgehead atoms. The van der Waals surface area contributed by atoms with Gasteiger partial charge in [0.1, 0.15) is 11.5 Å². The average Bonchev–Trinajstić information content (AvgIpc) is 2.60. The van der Waals surface area contributed by atoms with Gasteiger partial charge in [0, 0.05) is 11.6 Å². The summed E-state index contributed by atoms with van der Waals surface area (Å²) >= 11 is 0. The second-order valence-electron chi connectivity index (χ2n) is 6.05. The highest BCUT2D eigenvalue weighted by Crippen LogP contribution is 2.19. The van der Waals surface area contributed by atoms with Gasteiger partial charge in [-0.3, -0.25) is 4.79 Å². The van der Waals surface area contributed by atoms with Crippen LogP contribution in [-0.2, 0) is 9.59 Å². The number of aliphatic hydroxyl groups excluding tert-OH is 1. The van der Waals surface area contributed by atoms with Crippen LogP contribution in [0.5, 0.6) is 5.75 Å². The Bertz CT molecular complexity index is 577. The van der Waals surface area contributed by atoms with Gasteiger partial charge in [0.25, 0.3) is 5.78 Å². The van der Waals surface area contributed by atoms with Gasteiger partial charge in [-0.25, -0.2) is 4.79 Å². The molecule has 0 spiro atoms. The fourth-order valence-electron chi connectivity index (χ4n) is 2.44. The zero-order valence-corrected chi connectivity index (χ0v) is 14.9. The molecule has 0 saturated carbocycles. The molecule has 0 unspecified atom stereocenters. The summed E-state index contributed by atoms with van der Waals surface area (Å²) in [5, 5.41) is 18.4. The van der Waals surface area contributed by atoms with E-state index in [0.717, 1.165) is 12.8 Å². The minimum atomic E-state index is -1.60. The second kappa shape index (κ2) is 12.1. The number of carbonyl (C=O) groups excluding carboxylic acids is 1. The molecule has 1 aromatic rings. The Labute approximate surface area is 149 Å². The van der Waals surface area contributed by atoms with Crippen LogP contribution >= 0.6 is 0 Å². The van der Waals surface area contributed by atoms with Crippen LogP contribution < -0.4 is 4.74 Å². The van der Waals surface area contributed by atoms with Crippen molar-refractivity contribution in [3.63, 3.8) is 0 Å². The number of ketones is 1. The van der Waals surface area contributed by atoms with E-state index in [2.05, 4.69) is 6.92 Å². The number of aliphatic hydroxyl groups is 1. The molecule has 0 heterocycles. The number of benzene rings is 1. The van der Waals surface area contributed by atoms with Crippen LogP contribution in [0, 0.1) is 0 Å². The monoisotopic (exact) mass is 348 g/mol. The van der Waals surface area contributed by atoms with Gasteiger partial charge in [-0.05, 0) is 18.6 Å². The number of carbonyl (C=O) groups is 2. The molecule has 138 valence electrons. The third-order valence-electron chi connectivity index (χ3n) is 3.88. The standard InChI is InChI=1S/C20H28O5/c1-2-3-4-5-6-7-8-9-13-25-17-12-10-11-16(14-17)18(21)15-19(22)20(23)24/h10-12,14-15,21H,2-9,13H2,1H3,(H,23,24). The zero-order valence-electron chi connectivity index (χ0n) is 14.9. The molecule has 0 aromatic heterocycles. The van der Waals surface area contributed by atoms with Crippen molar-refractivity contribution in [2.45, 2.75) is 58.3 Å². The first kappa shape index (κ1) is 20.7. The maximum absolute atomic E-state index is 11.1. The summed E-state index contributed by atoms with van der Waals surface area (Å²) in [6.07, 6.45) is 10.5. The second-order valence-corrected chi connectivity index (χ2v) is 6.05. The van der Waals surface area contributed by atoms with Crippen molar-refractivity contribution in [1.29, 1.82) is 0 Å². The quantitative estimate of drug-likeness (QED) is 0.232. The van der Waals surface area contributed by atoms with E-state index in [-0.39, 0.29) is 5.76 Å². The lowest BCUT2D eigenvalue weighted by molar-refractivity contribution is -0.146. The van der Waals surface area contributed by atoms with Gasteiger partial charge in [-0.15, -0.1) is 0 Å². The average molecular weight is 348 g/mol. The number of hydrogen-bond donors (Lipinski definition) is 2. The predicted molar refractivity (Wildman–Crippen MR) is 97.8 cm³/mol. The molecule has 5 nitrogen and oxygen atoms in total. The van der Waals surface area contributed by atoms with Crippen LogP contribution in [0.2, 0.25) is 0 Å². The number of unbranched alkanes of at least 4 members (excludes halogenated alkanes) is 7. The summed E-state index contributed by atoms with van der Waals surface area (Å²) in [5.41, 5.74) is 0.350. The summed E-state index contributed by atoms with van der Waals surface area (Å²) in [6, 6.07) is 6.63. The fourth-order valence-corrected chi connectivity index (χ4v) is 2.44. The molecule has 0 aliphatic rings. The molecule has 0 radical (unpaired) electrons. The number of hydrogen-bond acceptors (Lipinski definition) is 4. The zero-order chi connectivity index (χ0) is 18.5. The Morgan fingerprint density at radius 3 is 2.28 bits per heavy atom. The summed E-state index contributed by atoms with van der Waals surface area (Å²) in [4.78, 5) is 21.6. The van der Waals surface area contributed by atoms with E-state index >= 15 is 0 Å². The smallest absolute Gasteiger partial charge is 0.376 e. The van der Waals surface area contributed by atoms with Crippen LogP contribution in [0.15, 0.2) is 30.3 Å². The molecule has 1 rings (SSSR count). The van der Waals surface area contributed by atoms with Crippen molar-refractivity contribution < 1.29 is 24.5 Å². The molecule has 25 heavy (non-hydrogen) atoms. The highest BCUT2D eigenvalue weighted by Gasteiger charge is 2.10. The van der Waals surface area contributed by atoms with E-state index in [1.165, 1.54) is 38.5 Å². The van der Waals surface area contributed by atoms with E-state index in [1.807, 2.05) is 0 Å². The number of carboxylic acid groups (broad SMARTS) is 1. The van der Waals surface area contributed by atoms with Crippen LogP contribution in [0.3, 0.4) is 0 Å². The van der Waals surface area contributed by atoms with Crippen molar-refractivity contribution >= 4 is 17.5 Å². The summed E-state index contributed by atoms with van der Waals surface area (Å²) in [7, 11) is 0. The van der Waals surface area contributed by atoms with Gasteiger partial charge < -0.3 is 14.9 Å². The number of aliphatic carboxylic acids is 1. The van der Waals surface area contributed by atoms with Crippen LogP contribution in [0.25, 0.3) is 5.76 Å². The van der Waals surface area contributed by atoms with Gasteiger partial charge >= 0.3 is 5.97 Å². The Kier molecular flexibility index (Phi) is 10.1. The van der Waals surface area contributed by atoms with E-state index in [1.54, 1.807) is 24.3 Å². The SMILES string of the molecule is CCCCCCCCCCOc1cccc(C(O)=CC(=O)C(=O)O)c1. The van der Waals surface area contributed by atoms with Crippen molar-refractivity contribution in [2.75, 3.05) is 6.61 Å². The Balaban J connectivity index is 2.34. The molecule has 1 aromatic carbocycles. The maximum atomic E-state index is 11.1. The van der Waals surface area contributed by atoms with E-state index in [4.69, 9.17) is 9.84 Å². The highest BCUT2D eigenvalue weighted by atomic mass is 16.5. The minimum absolute atomic E-state index is 0.350. The lowest BCUT2D eigenvalue weighted by Gasteiger charge is -2.08. The molecule has 0 amide bonds. The first-order chi connectivity index (χ1) is 12.0. The number of ether oxygens (including phenoxy) is 1. The van der Waals surface area contributed by atoms with E-state index in [0.29, 0.717) is 24.0 Å². The van der Waals surface area contributed by atoms with Gasteiger partial charge in [-0.2, -0.15) is 0 Å². The molecule has 0 atom stereocenters. The molecule has 2 N–H and O–H groups in total. The third-order valence-corrected chi connectivity index (χ3v) is 3.88. The van der Waals surface area contributed by atoms with Gasteiger partial charge in [0.15, 0.2) is 0 Å². The number of carboxylic acids is 1. The Morgan fingerprint density at radius 2 is 1.64 bits per heavy atom. The predicted octanol–water partition coefficient (Wildman–Crippen LogP) is 4.76. The van der Waals surface area contributed by atoms with E-state index < -0.39 is 11.8 Å². The maximum Gasteiger partial charge on any atom is 0.376 e. The van der Waals surface area contributed by atoms with Gasteiger partial charge in [0.2, 0.25) is 0 Å². The highest BCUT2D eigenvalue weighted by molar-refractivity contribution is 6.38. The number of rotatable bonds is 13. The van der Waals surface area contributed by atoms with Crippen molar-refractivity contribution in [2.24, 2.45) is 0 Å². The summed E-state index contributed by atoms with van der Waals surface area (Å²) < 4.78 is 5.65. The lowest BCUT2D eigenvalue weighted by Crippen LogP contribution is -2.09. The van der Waals surface area contributed by atoms with Crippen LogP contribution in [0.1, 0.15) is 63.9 Å². The summed E-state index contributed by atoms with van der Waals surface area (Å²) in [6.45, 7) is 2.81.